The maximum absolute atomic E-state index is 14.1. The number of benzene rings is 2. The van der Waals surface area contributed by atoms with Gasteiger partial charge in [0.25, 0.3) is 0 Å². The second-order valence-electron chi connectivity index (χ2n) is 4.89. The van der Waals surface area contributed by atoms with Crippen molar-refractivity contribution in [2.75, 3.05) is 13.7 Å². The fourth-order valence-corrected chi connectivity index (χ4v) is 3.43. The Bertz CT molecular complexity index is 819. The van der Waals surface area contributed by atoms with Crippen molar-refractivity contribution >= 4 is 50.6 Å². The maximum atomic E-state index is 14.1. The molecule has 0 fully saturated rings. The Morgan fingerprint density at radius 2 is 1.86 bits per heavy atom. The van der Waals surface area contributed by atoms with E-state index in [1.807, 2.05) is 13.8 Å². The molecule has 155 valence electrons. The normalized spacial score (nSPS) is 10.9. The van der Waals surface area contributed by atoms with E-state index in [0.717, 1.165) is 11.0 Å². The molecule has 0 N–H and O–H groups in total. The summed E-state index contributed by atoms with van der Waals surface area (Å²) in [5.41, 5.74) is 0.615. The summed E-state index contributed by atoms with van der Waals surface area (Å²) in [4.78, 5) is 13.5. The van der Waals surface area contributed by atoms with Crippen LogP contribution in [0.5, 0.6) is 5.75 Å². The van der Waals surface area contributed by atoms with Crippen LogP contribution in [0.2, 0.25) is 0 Å². The molecule has 0 bridgehead atoms. The van der Waals surface area contributed by atoms with Crippen molar-refractivity contribution in [2.45, 2.75) is 24.5 Å². The summed E-state index contributed by atoms with van der Waals surface area (Å²) < 4.78 is 37.0. The second kappa shape index (κ2) is 15.4. The van der Waals surface area contributed by atoms with Crippen LogP contribution in [0.15, 0.2) is 47.9 Å². The zero-order valence-electron chi connectivity index (χ0n) is 16.6. The van der Waals surface area contributed by atoms with E-state index in [-0.39, 0.29) is 35.0 Å². The van der Waals surface area contributed by atoms with E-state index in [1.54, 1.807) is 24.3 Å². The number of carbonyl (C=O) groups is 1. The van der Waals surface area contributed by atoms with Gasteiger partial charge in [0, 0.05) is 27.8 Å². The first-order valence-corrected chi connectivity index (χ1v) is 10.7. The summed E-state index contributed by atoms with van der Waals surface area (Å²) >= 11 is 7.97. The molecule has 8 heteroatoms. The number of rotatable bonds is 3. The van der Waals surface area contributed by atoms with Gasteiger partial charge in [-0.15, -0.1) is 11.8 Å². The number of hydrogen-bond donors (Lipinski definition) is 0. The third-order valence-corrected chi connectivity index (χ3v) is 4.47. The fraction of sp³-hybridized carbons (Fsp3) is 0.238. The molecule has 2 aromatic carbocycles. The number of fused-ring (bicyclic) bond motifs is 2. The van der Waals surface area contributed by atoms with Gasteiger partial charge in [-0.25, -0.2) is 8.78 Å². The van der Waals surface area contributed by atoms with Gasteiger partial charge in [-0.05, 0) is 12.1 Å². The number of carbonyl (C=O) groups excluding carboxylic acids is 1. The number of halogens is 3. The van der Waals surface area contributed by atoms with Gasteiger partial charge < -0.3 is 4.74 Å². The van der Waals surface area contributed by atoms with Crippen molar-refractivity contribution < 1.29 is 22.6 Å². The zero-order valence-corrected chi connectivity index (χ0v) is 19.4. The first-order valence-electron chi connectivity index (χ1n) is 8.61. The molecule has 0 aromatic heterocycles. The molecule has 1 heterocycles. The number of thioether (sulfide) groups is 1. The first-order chi connectivity index (χ1) is 14.0. The average Bonchev–Trinajstić information content (AvgIpc) is 2.90. The molecule has 0 saturated heterocycles. The Morgan fingerprint density at radius 1 is 1.28 bits per heavy atom. The van der Waals surface area contributed by atoms with Crippen LogP contribution >= 0.6 is 23.6 Å². The minimum atomic E-state index is -1.02. The number of hydrogen-bond acceptors (Lipinski definition) is 4. The Kier molecular flexibility index (Phi) is 14.6. The molecule has 2 aromatic rings. The summed E-state index contributed by atoms with van der Waals surface area (Å²) in [6.45, 7) is 7.63. The molecular weight excluding hydrogens is 433 g/mol. The van der Waals surface area contributed by atoms with E-state index in [4.69, 9.17) is 4.74 Å². The molecular formula is C21H23AlClF2O3S. The Morgan fingerprint density at radius 3 is 2.45 bits per heavy atom. The predicted octanol–water partition coefficient (Wildman–Crippen LogP) is 5.77. The quantitative estimate of drug-likeness (QED) is 0.435. The van der Waals surface area contributed by atoms with Crippen molar-refractivity contribution in [3.05, 3.63) is 71.3 Å². The molecule has 1 aliphatic heterocycles. The van der Waals surface area contributed by atoms with Gasteiger partial charge in [0.2, 0.25) is 0 Å². The van der Waals surface area contributed by atoms with Crippen molar-refractivity contribution in [3.8, 4) is 5.75 Å². The van der Waals surface area contributed by atoms with Crippen molar-refractivity contribution in [1.29, 1.82) is 0 Å². The summed E-state index contributed by atoms with van der Waals surface area (Å²) in [7, 11) is 1.39. The van der Waals surface area contributed by atoms with Crippen LogP contribution in [0, 0.1) is 11.6 Å². The number of ketones is 1. The molecule has 1 radical (unpaired) electrons. The summed E-state index contributed by atoms with van der Waals surface area (Å²) in [6, 6.07) is 7.95. The van der Waals surface area contributed by atoms with Crippen molar-refractivity contribution in [3.63, 3.8) is 0 Å². The Labute approximate surface area is 188 Å². The van der Waals surface area contributed by atoms with Gasteiger partial charge >= 0.3 is 21.2 Å². The van der Waals surface area contributed by atoms with E-state index in [2.05, 4.69) is 44.0 Å². The van der Waals surface area contributed by atoms with Crippen LogP contribution in [-0.2, 0) is 10.0 Å². The van der Waals surface area contributed by atoms with E-state index in [9.17, 15) is 13.6 Å². The molecule has 0 amide bonds. The van der Waals surface area contributed by atoms with Crippen LogP contribution in [0.4, 0.5) is 8.78 Å². The molecule has 3 nitrogen and oxygen atoms in total. The van der Waals surface area contributed by atoms with Crippen molar-refractivity contribution in [1.82, 2.24) is 0 Å². The second-order valence-corrected chi connectivity index (χ2v) is 6.22. The molecule has 0 atom stereocenters. The minimum absolute atomic E-state index is 0.0465. The van der Waals surface area contributed by atoms with Crippen LogP contribution < -0.4 is 4.74 Å². The van der Waals surface area contributed by atoms with Crippen molar-refractivity contribution in [2.24, 2.45) is 0 Å². The van der Waals surface area contributed by atoms with E-state index < -0.39 is 11.6 Å². The van der Waals surface area contributed by atoms with E-state index >= 15 is 0 Å². The predicted molar refractivity (Wildman–Crippen MR) is 119 cm³/mol. The van der Waals surface area contributed by atoms with Gasteiger partial charge in [-0.2, -0.15) is 0 Å². The first kappa shape index (κ1) is 27.5. The molecule has 0 spiro atoms. The third kappa shape index (κ3) is 7.36. The third-order valence-electron chi connectivity index (χ3n) is 3.37. The summed E-state index contributed by atoms with van der Waals surface area (Å²) in [5, 5.41) is 3.17. The van der Waals surface area contributed by atoms with Crippen LogP contribution in [0.25, 0.3) is 0 Å². The Balaban J connectivity index is 0.00000100. The van der Waals surface area contributed by atoms with Gasteiger partial charge in [-0.3, -0.25) is 9.08 Å². The standard InChI is InChI=1S/C17H12F2O2S.C2H6.CH3ClO.CH2.Al/c1-2-7-21-13-8-12(18)16(19)11-9-22-14-6-4-3-5-10(14)17(20)15(11)13;1-2;1-3-2;;/h2-6,8H,1,7,9H2;1-2H3;1H3;1H2;. The van der Waals surface area contributed by atoms with Gasteiger partial charge in [0.1, 0.15) is 12.4 Å². The summed E-state index contributed by atoms with van der Waals surface area (Å²) in [6.07, 6.45) is 1.48. The van der Waals surface area contributed by atoms with Crippen LogP contribution in [-0.4, -0.2) is 40.7 Å². The van der Waals surface area contributed by atoms with E-state index in [1.165, 1.54) is 24.9 Å². The van der Waals surface area contributed by atoms with Gasteiger partial charge in [-0.1, -0.05) is 38.6 Å². The van der Waals surface area contributed by atoms with Crippen LogP contribution in [0.1, 0.15) is 35.3 Å². The zero-order chi connectivity index (χ0) is 22.4. The molecule has 3 rings (SSSR count). The topological polar surface area (TPSA) is 35.5 Å². The molecule has 29 heavy (non-hydrogen) atoms. The summed E-state index contributed by atoms with van der Waals surface area (Å²) in [5.74, 6) is -2.14. The Hall–Kier alpha value is -1.49. The van der Waals surface area contributed by atoms with Gasteiger partial charge in [0.05, 0.1) is 24.5 Å². The van der Waals surface area contributed by atoms with E-state index in [0.29, 0.717) is 5.56 Å². The van der Waals surface area contributed by atoms with Gasteiger partial charge in [0.15, 0.2) is 17.4 Å². The van der Waals surface area contributed by atoms with Crippen LogP contribution in [0.3, 0.4) is 0 Å². The fourth-order valence-electron chi connectivity index (χ4n) is 2.36. The average molecular weight is 456 g/mol. The monoisotopic (exact) mass is 455 g/mol. The molecule has 1 aliphatic rings. The molecule has 0 unspecified atom stereocenters. The molecule has 0 aliphatic carbocycles. The SMILES string of the molecule is C=CCOc1cc(F)c(F)c2c1C(=O)c1ccccc1SC2.CC.COCl.[CH2]=[Al]. The molecule has 0 saturated carbocycles. The number of ether oxygens (including phenoxy) is 1.